The number of hydrogen-bond acceptors (Lipinski definition) is 3. The van der Waals surface area contributed by atoms with Crippen LogP contribution in [0.25, 0.3) is 11.4 Å². The Kier molecular flexibility index (Phi) is 4.26. The van der Waals surface area contributed by atoms with Crippen LogP contribution in [-0.4, -0.2) is 28.5 Å². The SMILES string of the molecule is COCCn1c(-c2cc(F)cc(Br)c2)n[nH]c1=S. The normalized spacial score (nSPS) is 10.8. The van der Waals surface area contributed by atoms with Gasteiger partial charge in [0.15, 0.2) is 10.6 Å². The third kappa shape index (κ3) is 2.85. The van der Waals surface area contributed by atoms with Crippen LogP contribution in [0.4, 0.5) is 4.39 Å². The molecule has 0 aliphatic carbocycles. The second-order valence-corrected chi connectivity index (χ2v) is 4.96. The summed E-state index contributed by atoms with van der Waals surface area (Å²) in [5.41, 5.74) is 0.658. The van der Waals surface area contributed by atoms with Crippen molar-refractivity contribution >= 4 is 28.1 Å². The predicted molar refractivity (Wildman–Crippen MR) is 72.4 cm³/mol. The van der Waals surface area contributed by atoms with Crippen molar-refractivity contribution in [2.75, 3.05) is 13.7 Å². The summed E-state index contributed by atoms with van der Waals surface area (Å²) >= 11 is 8.39. The molecule has 1 aromatic heterocycles. The highest BCUT2D eigenvalue weighted by molar-refractivity contribution is 9.10. The zero-order valence-corrected chi connectivity index (χ0v) is 12.0. The fourth-order valence-corrected chi connectivity index (χ4v) is 2.30. The minimum absolute atomic E-state index is 0.327. The van der Waals surface area contributed by atoms with Crippen molar-refractivity contribution in [3.8, 4) is 11.4 Å². The van der Waals surface area contributed by atoms with Gasteiger partial charge < -0.3 is 4.74 Å². The average Bonchev–Trinajstić information content (AvgIpc) is 2.67. The van der Waals surface area contributed by atoms with E-state index >= 15 is 0 Å². The molecule has 0 saturated heterocycles. The number of aromatic nitrogens is 3. The molecule has 7 heteroatoms. The third-order valence-electron chi connectivity index (χ3n) is 2.40. The zero-order valence-electron chi connectivity index (χ0n) is 9.61. The van der Waals surface area contributed by atoms with Gasteiger partial charge in [0, 0.05) is 17.1 Å². The maximum atomic E-state index is 13.4. The van der Waals surface area contributed by atoms with Gasteiger partial charge in [-0.05, 0) is 30.4 Å². The highest BCUT2D eigenvalue weighted by atomic mass is 79.9. The molecule has 0 atom stereocenters. The molecule has 0 spiro atoms. The van der Waals surface area contributed by atoms with Crippen LogP contribution in [0.15, 0.2) is 22.7 Å². The van der Waals surface area contributed by atoms with Gasteiger partial charge in [-0.1, -0.05) is 15.9 Å². The van der Waals surface area contributed by atoms with E-state index in [1.165, 1.54) is 12.1 Å². The number of nitrogens with one attached hydrogen (secondary N) is 1. The number of halogens is 2. The Morgan fingerprint density at radius 3 is 2.94 bits per heavy atom. The van der Waals surface area contributed by atoms with Crippen molar-refractivity contribution in [2.45, 2.75) is 6.54 Å². The molecule has 18 heavy (non-hydrogen) atoms. The Bertz CT molecular complexity index is 590. The Hall–Kier alpha value is -1.05. The predicted octanol–water partition coefficient (Wildman–Crippen LogP) is 3.16. The van der Waals surface area contributed by atoms with Crippen LogP contribution in [-0.2, 0) is 11.3 Å². The Balaban J connectivity index is 2.47. The molecular formula is C11H11BrFN3OS. The fourth-order valence-electron chi connectivity index (χ4n) is 1.61. The van der Waals surface area contributed by atoms with E-state index < -0.39 is 0 Å². The molecule has 0 saturated carbocycles. The molecule has 4 nitrogen and oxygen atoms in total. The van der Waals surface area contributed by atoms with Gasteiger partial charge >= 0.3 is 0 Å². The maximum absolute atomic E-state index is 13.4. The highest BCUT2D eigenvalue weighted by Gasteiger charge is 2.10. The first-order valence-corrected chi connectivity index (χ1v) is 6.42. The van der Waals surface area contributed by atoms with Crippen molar-refractivity contribution in [1.82, 2.24) is 14.8 Å². The molecule has 0 aliphatic heterocycles. The van der Waals surface area contributed by atoms with Crippen molar-refractivity contribution in [3.05, 3.63) is 33.3 Å². The molecule has 0 aliphatic rings. The van der Waals surface area contributed by atoms with Gasteiger partial charge in [-0.25, -0.2) is 4.39 Å². The van der Waals surface area contributed by atoms with E-state index in [1.807, 2.05) is 0 Å². The summed E-state index contributed by atoms with van der Waals surface area (Å²) in [6.45, 7) is 1.08. The fraction of sp³-hybridized carbons (Fsp3) is 0.273. The van der Waals surface area contributed by atoms with Gasteiger partial charge in [-0.3, -0.25) is 9.67 Å². The quantitative estimate of drug-likeness (QED) is 0.875. The lowest BCUT2D eigenvalue weighted by Crippen LogP contribution is -2.06. The number of ether oxygens (including phenoxy) is 1. The van der Waals surface area contributed by atoms with E-state index in [0.29, 0.717) is 33.8 Å². The molecule has 0 radical (unpaired) electrons. The minimum atomic E-state index is -0.327. The van der Waals surface area contributed by atoms with E-state index in [0.717, 1.165) is 0 Å². The van der Waals surface area contributed by atoms with Crippen LogP contribution in [0.5, 0.6) is 0 Å². The monoisotopic (exact) mass is 331 g/mol. The Morgan fingerprint density at radius 2 is 2.28 bits per heavy atom. The van der Waals surface area contributed by atoms with Crippen molar-refractivity contribution < 1.29 is 9.13 Å². The van der Waals surface area contributed by atoms with E-state index in [4.69, 9.17) is 17.0 Å². The molecule has 96 valence electrons. The second kappa shape index (κ2) is 5.73. The van der Waals surface area contributed by atoms with E-state index in [9.17, 15) is 4.39 Å². The number of H-pyrrole nitrogens is 1. The first kappa shape index (κ1) is 13.4. The van der Waals surface area contributed by atoms with Gasteiger partial charge in [-0.2, -0.15) is 5.10 Å². The summed E-state index contributed by atoms with van der Waals surface area (Å²) in [4.78, 5) is 0. The molecule has 0 amide bonds. The number of nitrogens with zero attached hydrogens (tertiary/aromatic N) is 2. The summed E-state index contributed by atoms with van der Waals surface area (Å²) in [6, 6.07) is 4.60. The summed E-state index contributed by atoms with van der Waals surface area (Å²) in [6.07, 6.45) is 0. The summed E-state index contributed by atoms with van der Waals surface area (Å²) < 4.78 is 21.3. The van der Waals surface area contributed by atoms with Crippen LogP contribution < -0.4 is 0 Å². The zero-order chi connectivity index (χ0) is 13.1. The van der Waals surface area contributed by atoms with Crippen molar-refractivity contribution in [2.24, 2.45) is 0 Å². The average molecular weight is 332 g/mol. The lowest BCUT2D eigenvalue weighted by Gasteiger charge is -2.06. The van der Waals surface area contributed by atoms with E-state index in [1.54, 1.807) is 17.7 Å². The van der Waals surface area contributed by atoms with E-state index in [-0.39, 0.29) is 5.82 Å². The van der Waals surface area contributed by atoms with Crippen LogP contribution in [0.2, 0.25) is 0 Å². The lowest BCUT2D eigenvalue weighted by molar-refractivity contribution is 0.187. The summed E-state index contributed by atoms with van der Waals surface area (Å²) in [5, 5.41) is 6.83. The molecule has 0 unspecified atom stereocenters. The first-order valence-electron chi connectivity index (χ1n) is 5.22. The Labute approximate surface area is 117 Å². The van der Waals surface area contributed by atoms with Gasteiger partial charge in [0.05, 0.1) is 13.2 Å². The van der Waals surface area contributed by atoms with Crippen LogP contribution in [0, 0.1) is 10.6 Å². The molecule has 1 heterocycles. The maximum Gasteiger partial charge on any atom is 0.195 e. The van der Waals surface area contributed by atoms with Gasteiger partial charge in [0.25, 0.3) is 0 Å². The van der Waals surface area contributed by atoms with Crippen molar-refractivity contribution in [3.63, 3.8) is 0 Å². The summed E-state index contributed by atoms with van der Waals surface area (Å²) in [7, 11) is 1.61. The van der Waals surface area contributed by atoms with Gasteiger partial charge in [-0.15, -0.1) is 0 Å². The third-order valence-corrected chi connectivity index (χ3v) is 3.17. The number of rotatable bonds is 4. The molecule has 0 fully saturated rings. The highest BCUT2D eigenvalue weighted by Crippen LogP contribution is 2.23. The van der Waals surface area contributed by atoms with Crippen LogP contribution >= 0.6 is 28.1 Å². The molecule has 1 N–H and O–H groups in total. The number of hydrogen-bond donors (Lipinski definition) is 1. The van der Waals surface area contributed by atoms with Crippen LogP contribution in [0.1, 0.15) is 0 Å². The first-order chi connectivity index (χ1) is 8.61. The van der Waals surface area contributed by atoms with Crippen LogP contribution in [0.3, 0.4) is 0 Å². The lowest BCUT2D eigenvalue weighted by atomic mass is 10.2. The molecule has 2 aromatic rings. The molecule has 1 aromatic carbocycles. The molecule has 0 bridgehead atoms. The summed E-state index contributed by atoms with van der Waals surface area (Å²) in [5.74, 6) is 0.267. The number of methoxy groups -OCH3 is 1. The van der Waals surface area contributed by atoms with Gasteiger partial charge in [0.2, 0.25) is 0 Å². The molecular weight excluding hydrogens is 321 g/mol. The smallest absolute Gasteiger partial charge is 0.195 e. The number of aromatic amines is 1. The molecule has 2 rings (SSSR count). The largest absolute Gasteiger partial charge is 0.383 e. The Morgan fingerprint density at radius 1 is 1.50 bits per heavy atom. The second-order valence-electron chi connectivity index (χ2n) is 3.65. The minimum Gasteiger partial charge on any atom is -0.383 e. The number of benzene rings is 1. The standard InChI is InChI=1S/C11H11BrFN3OS/c1-17-3-2-16-10(14-15-11(16)18)7-4-8(12)6-9(13)5-7/h4-6H,2-3H2,1H3,(H,15,18). The topological polar surface area (TPSA) is 42.8 Å². The van der Waals surface area contributed by atoms with Gasteiger partial charge in [0.1, 0.15) is 5.82 Å². The van der Waals surface area contributed by atoms with Crippen molar-refractivity contribution in [1.29, 1.82) is 0 Å². The van der Waals surface area contributed by atoms with E-state index in [2.05, 4.69) is 26.1 Å².